The van der Waals surface area contributed by atoms with Gasteiger partial charge in [0.05, 0.1) is 25.5 Å². The van der Waals surface area contributed by atoms with Gasteiger partial charge in [0.1, 0.15) is 30.2 Å². The third kappa shape index (κ3) is 8.09. The van der Waals surface area contributed by atoms with Gasteiger partial charge in [-0.3, -0.25) is 23.7 Å². The Bertz CT molecular complexity index is 1290. The van der Waals surface area contributed by atoms with Crippen LogP contribution in [0.1, 0.15) is 46.3 Å². The standard InChI is InChI=1S/C25H35FN3O10P/c1-4-16(5-2)14-36-24(33)15(3)28-40(35,38-17-9-7-6-8-10-17)39-20(13-30)22-19(31)11-21(37-22)29-12-18(26)23(32)27-25(29)34/h6-10,12,15-16,19-22,30-31H,4-5,11,13-14H2,1-3H3,(H,28,35)(H,27,32,34)/t15-,19-,20+,21+,22-,40+/m0/s1. The van der Waals surface area contributed by atoms with E-state index in [4.69, 9.17) is 18.5 Å². The summed E-state index contributed by atoms with van der Waals surface area (Å²) in [5, 5.41) is 23.2. The molecule has 15 heteroatoms. The lowest BCUT2D eigenvalue weighted by atomic mass is 10.1. The van der Waals surface area contributed by atoms with Crippen LogP contribution in [0.2, 0.25) is 0 Å². The maximum Gasteiger partial charge on any atom is 0.459 e. The molecular weight excluding hydrogens is 552 g/mol. The van der Waals surface area contributed by atoms with Crippen molar-refractivity contribution in [3.8, 4) is 5.75 Å². The van der Waals surface area contributed by atoms with Crippen molar-refractivity contribution < 1.29 is 42.5 Å². The number of benzene rings is 1. The van der Waals surface area contributed by atoms with Gasteiger partial charge in [0.2, 0.25) is 5.82 Å². The van der Waals surface area contributed by atoms with E-state index in [2.05, 4.69) is 5.09 Å². The van der Waals surface area contributed by atoms with Crippen molar-refractivity contribution in [2.45, 2.75) is 70.6 Å². The molecule has 0 bridgehead atoms. The first-order valence-electron chi connectivity index (χ1n) is 12.9. The molecule has 3 rings (SSSR count). The number of hydrogen-bond donors (Lipinski definition) is 4. The Labute approximate surface area is 229 Å². The number of aliphatic hydroxyl groups is 2. The Morgan fingerprint density at radius 1 is 1.27 bits per heavy atom. The zero-order valence-corrected chi connectivity index (χ0v) is 23.3. The van der Waals surface area contributed by atoms with Gasteiger partial charge in [-0.05, 0) is 25.0 Å². The van der Waals surface area contributed by atoms with Crippen molar-refractivity contribution >= 4 is 13.7 Å². The van der Waals surface area contributed by atoms with Crippen LogP contribution >= 0.6 is 7.75 Å². The Hall–Kier alpha value is -2.87. The number of carbonyl (C=O) groups is 1. The van der Waals surface area contributed by atoms with Crippen molar-refractivity contribution in [2.24, 2.45) is 5.92 Å². The molecule has 1 aromatic carbocycles. The Kier molecular flexibility index (Phi) is 11.2. The highest BCUT2D eigenvalue weighted by atomic mass is 31.2. The Morgan fingerprint density at radius 2 is 1.95 bits per heavy atom. The third-order valence-electron chi connectivity index (χ3n) is 6.48. The van der Waals surface area contributed by atoms with Gasteiger partial charge < -0.3 is 24.2 Å². The summed E-state index contributed by atoms with van der Waals surface area (Å²) < 4.78 is 50.7. The first-order chi connectivity index (χ1) is 19.0. The number of aromatic amines is 1. The molecule has 0 amide bonds. The summed E-state index contributed by atoms with van der Waals surface area (Å²) in [5.74, 6) is -1.67. The fraction of sp³-hybridized carbons (Fsp3) is 0.560. The molecular formula is C25H35FN3O10P. The summed E-state index contributed by atoms with van der Waals surface area (Å²) in [6.45, 7) is 4.71. The second-order valence-electron chi connectivity index (χ2n) is 9.39. The number of ether oxygens (including phenoxy) is 2. The van der Waals surface area contributed by atoms with Crippen molar-refractivity contribution in [2.75, 3.05) is 13.2 Å². The average molecular weight is 588 g/mol. The molecule has 1 saturated heterocycles. The van der Waals surface area contributed by atoms with Crippen LogP contribution in [0.3, 0.4) is 0 Å². The molecule has 1 aliphatic rings. The number of halogens is 1. The quantitative estimate of drug-likeness (QED) is 0.187. The Balaban J connectivity index is 1.80. The minimum atomic E-state index is -4.46. The summed E-state index contributed by atoms with van der Waals surface area (Å²) in [5.41, 5.74) is -2.20. The van der Waals surface area contributed by atoms with Gasteiger partial charge in [-0.2, -0.15) is 9.48 Å². The number of aromatic nitrogens is 2. The van der Waals surface area contributed by atoms with E-state index in [-0.39, 0.29) is 24.7 Å². The molecule has 0 saturated carbocycles. The fourth-order valence-electron chi connectivity index (χ4n) is 4.07. The normalized spacial score (nSPS) is 22.0. The van der Waals surface area contributed by atoms with Gasteiger partial charge in [0, 0.05) is 6.42 Å². The number of H-pyrrole nitrogens is 1. The highest BCUT2D eigenvalue weighted by Crippen LogP contribution is 2.47. The monoisotopic (exact) mass is 587 g/mol. The summed E-state index contributed by atoms with van der Waals surface area (Å²) in [6, 6.07) is 6.77. The van der Waals surface area contributed by atoms with Gasteiger partial charge in [-0.1, -0.05) is 44.9 Å². The van der Waals surface area contributed by atoms with E-state index in [9.17, 15) is 33.6 Å². The number of nitrogens with one attached hydrogen (secondary N) is 2. The number of rotatable bonds is 14. The van der Waals surface area contributed by atoms with Crippen LogP contribution < -0.4 is 20.9 Å². The largest absolute Gasteiger partial charge is 0.464 e. The second kappa shape index (κ2) is 14.2. The number of aliphatic hydroxyl groups excluding tert-OH is 2. The number of para-hydroxylation sites is 1. The predicted octanol–water partition coefficient (Wildman–Crippen LogP) is 1.85. The van der Waals surface area contributed by atoms with Gasteiger partial charge in [-0.15, -0.1) is 0 Å². The lowest BCUT2D eigenvalue weighted by molar-refractivity contribution is -0.146. The van der Waals surface area contributed by atoms with Gasteiger partial charge >= 0.3 is 19.4 Å². The van der Waals surface area contributed by atoms with Crippen molar-refractivity contribution in [1.82, 2.24) is 14.6 Å². The Morgan fingerprint density at radius 3 is 2.58 bits per heavy atom. The average Bonchev–Trinajstić information content (AvgIpc) is 3.31. The van der Waals surface area contributed by atoms with E-state index in [1.165, 1.54) is 19.1 Å². The van der Waals surface area contributed by atoms with Crippen molar-refractivity contribution in [3.05, 3.63) is 63.2 Å². The molecule has 0 spiro atoms. The molecule has 0 unspecified atom stereocenters. The van der Waals surface area contributed by atoms with Crippen LogP contribution in [-0.4, -0.2) is 63.3 Å². The molecule has 222 valence electrons. The van der Waals surface area contributed by atoms with Gasteiger partial charge in [0.15, 0.2) is 0 Å². The number of hydrogen-bond acceptors (Lipinski definition) is 10. The lowest BCUT2D eigenvalue weighted by Gasteiger charge is -2.29. The smallest absolute Gasteiger partial charge is 0.459 e. The zero-order chi connectivity index (χ0) is 29.4. The van der Waals surface area contributed by atoms with Crippen LogP contribution in [0.25, 0.3) is 0 Å². The van der Waals surface area contributed by atoms with Crippen LogP contribution in [0, 0.1) is 11.7 Å². The molecule has 40 heavy (non-hydrogen) atoms. The summed E-state index contributed by atoms with van der Waals surface area (Å²) in [4.78, 5) is 38.0. The maximum atomic E-state index is 13.9. The number of esters is 1. The minimum absolute atomic E-state index is 0.119. The van der Waals surface area contributed by atoms with E-state index >= 15 is 0 Å². The third-order valence-corrected chi connectivity index (χ3v) is 8.18. The summed E-state index contributed by atoms with van der Waals surface area (Å²) in [6.07, 6.45) is -3.44. The highest BCUT2D eigenvalue weighted by Gasteiger charge is 2.45. The van der Waals surface area contributed by atoms with E-state index in [0.717, 1.165) is 17.4 Å². The molecule has 1 aromatic heterocycles. The molecule has 6 atom stereocenters. The topological polar surface area (TPSA) is 178 Å². The minimum Gasteiger partial charge on any atom is -0.464 e. The first kappa shape index (κ1) is 31.7. The van der Waals surface area contributed by atoms with Crippen LogP contribution in [0.5, 0.6) is 5.75 Å². The summed E-state index contributed by atoms with van der Waals surface area (Å²) >= 11 is 0. The molecule has 4 N–H and O–H groups in total. The first-order valence-corrected chi connectivity index (χ1v) is 14.5. The SMILES string of the molecule is CCC(CC)COC(=O)[C@H](C)N[P@@](=O)(Oc1ccccc1)O[C@H](CO)[C@H]1O[C@@H](n2cc(F)c(=O)[nH]c2=O)C[C@@H]1O. The van der Waals surface area contributed by atoms with Crippen LogP contribution in [0.4, 0.5) is 4.39 Å². The van der Waals surface area contributed by atoms with E-state index in [1.807, 2.05) is 13.8 Å². The van der Waals surface area contributed by atoms with Crippen LogP contribution in [0.15, 0.2) is 46.1 Å². The van der Waals surface area contributed by atoms with E-state index in [1.54, 1.807) is 23.2 Å². The van der Waals surface area contributed by atoms with Gasteiger partial charge in [-0.25, -0.2) is 9.36 Å². The van der Waals surface area contributed by atoms with Crippen molar-refractivity contribution in [1.29, 1.82) is 0 Å². The molecule has 1 fully saturated rings. The molecule has 2 aromatic rings. The summed E-state index contributed by atoms with van der Waals surface area (Å²) in [7, 11) is -4.46. The maximum absolute atomic E-state index is 13.9. The molecule has 2 heterocycles. The van der Waals surface area contributed by atoms with Crippen LogP contribution in [-0.2, 0) is 23.4 Å². The van der Waals surface area contributed by atoms with Gasteiger partial charge in [0.25, 0.3) is 5.56 Å². The molecule has 0 aliphatic carbocycles. The lowest BCUT2D eigenvalue weighted by Crippen LogP contribution is -2.42. The second-order valence-corrected chi connectivity index (χ2v) is 11.0. The zero-order valence-electron chi connectivity index (χ0n) is 22.4. The fourth-order valence-corrected chi connectivity index (χ4v) is 5.75. The van der Waals surface area contributed by atoms with Crippen molar-refractivity contribution in [3.63, 3.8) is 0 Å². The predicted molar refractivity (Wildman–Crippen MR) is 140 cm³/mol. The number of carbonyl (C=O) groups excluding carboxylic acids is 1. The molecule has 1 aliphatic heterocycles. The molecule has 13 nitrogen and oxygen atoms in total. The highest BCUT2D eigenvalue weighted by molar-refractivity contribution is 7.52. The van der Waals surface area contributed by atoms with E-state index in [0.29, 0.717) is 6.20 Å². The number of nitrogens with zero attached hydrogens (tertiary/aromatic N) is 1. The van der Waals surface area contributed by atoms with E-state index < -0.39 is 68.0 Å². The molecule has 0 radical (unpaired) electrons.